The topological polar surface area (TPSA) is 59.2 Å². The highest BCUT2D eigenvalue weighted by atomic mass is 16.5. The van der Waals surface area contributed by atoms with E-state index in [1.807, 2.05) is 30.6 Å². The molecule has 0 amide bonds. The van der Waals surface area contributed by atoms with Crippen molar-refractivity contribution in [2.45, 2.75) is 19.5 Å². The number of hydrogen-bond acceptors (Lipinski definition) is 4. The molecule has 0 bridgehead atoms. The Morgan fingerprint density at radius 3 is 2.42 bits per heavy atom. The van der Waals surface area contributed by atoms with E-state index in [0.29, 0.717) is 0 Å². The molecule has 102 valence electrons. The minimum atomic E-state index is 0.232. The summed E-state index contributed by atoms with van der Waals surface area (Å²) in [5.74, 6) is 1.60. The van der Waals surface area contributed by atoms with Crippen LogP contribution >= 0.6 is 0 Å². The van der Waals surface area contributed by atoms with Crippen molar-refractivity contribution in [3.8, 4) is 11.5 Å². The predicted molar refractivity (Wildman–Crippen MR) is 73.4 cm³/mol. The van der Waals surface area contributed by atoms with Crippen LogP contribution in [0.25, 0.3) is 0 Å². The van der Waals surface area contributed by atoms with Gasteiger partial charge in [0.1, 0.15) is 11.5 Å². The average molecular weight is 261 g/mol. The van der Waals surface area contributed by atoms with Gasteiger partial charge in [-0.05, 0) is 24.6 Å². The summed E-state index contributed by atoms with van der Waals surface area (Å²) in [7, 11) is 3.31. The zero-order chi connectivity index (χ0) is 13.7. The van der Waals surface area contributed by atoms with Gasteiger partial charge in [0.25, 0.3) is 0 Å². The van der Waals surface area contributed by atoms with Crippen LogP contribution in [0.2, 0.25) is 0 Å². The number of aromatic amines is 1. The summed E-state index contributed by atoms with van der Waals surface area (Å²) < 4.78 is 10.5. The first-order chi connectivity index (χ1) is 9.22. The third-order valence-electron chi connectivity index (χ3n) is 3.04. The average Bonchev–Trinajstić information content (AvgIpc) is 2.98. The highest BCUT2D eigenvalue weighted by Crippen LogP contribution is 2.23. The van der Waals surface area contributed by atoms with Crippen LogP contribution in [-0.4, -0.2) is 24.4 Å². The fraction of sp³-hybridized carbons (Fsp3) is 0.357. The monoisotopic (exact) mass is 261 g/mol. The van der Waals surface area contributed by atoms with Gasteiger partial charge in [0.05, 0.1) is 20.4 Å². The molecule has 0 radical (unpaired) electrons. The van der Waals surface area contributed by atoms with E-state index in [1.165, 1.54) is 0 Å². The first-order valence-electron chi connectivity index (χ1n) is 6.17. The predicted octanol–water partition coefficient (Wildman–Crippen LogP) is 2.28. The maximum absolute atomic E-state index is 5.25. The normalized spacial score (nSPS) is 12.2. The second-order valence-electron chi connectivity index (χ2n) is 4.36. The van der Waals surface area contributed by atoms with Crippen molar-refractivity contribution in [2.75, 3.05) is 14.2 Å². The maximum atomic E-state index is 5.25. The van der Waals surface area contributed by atoms with E-state index < -0.39 is 0 Å². The molecular weight excluding hydrogens is 242 g/mol. The summed E-state index contributed by atoms with van der Waals surface area (Å²) in [6.45, 7) is 2.84. The maximum Gasteiger partial charge on any atom is 0.122 e. The Morgan fingerprint density at radius 2 is 1.89 bits per heavy atom. The molecule has 5 heteroatoms. The van der Waals surface area contributed by atoms with E-state index in [4.69, 9.17) is 9.47 Å². The molecule has 2 rings (SSSR count). The second-order valence-corrected chi connectivity index (χ2v) is 4.36. The summed E-state index contributed by atoms with van der Waals surface area (Å²) in [6.07, 6.45) is 3.72. The summed E-state index contributed by atoms with van der Waals surface area (Å²) in [5.41, 5.74) is 2.25. The molecule has 1 atom stereocenters. The lowest BCUT2D eigenvalue weighted by atomic mass is 10.1. The van der Waals surface area contributed by atoms with Crippen LogP contribution in [0.3, 0.4) is 0 Å². The molecule has 1 aromatic heterocycles. The lowest BCUT2D eigenvalue weighted by molar-refractivity contribution is 0.392. The largest absolute Gasteiger partial charge is 0.497 e. The Morgan fingerprint density at radius 1 is 1.21 bits per heavy atom. The lowest BCUT2D eigenvalue weighted by Gasteiger charge is -2.13. The Kier molecular flexibility index (Phi) is 4.41. The molecule has 1 heterocycles. The van der Waals surface area contributed by atoms with Gasteiger partial charge in [-0.2, -0.15) is 5.10 Å². The lowest BCUT2D eigenvalue weighted by Crippen LogP contribution is -2.17. The van der Waals surface area contributed by atoms with Crippen molar-refractivity contribution in [3.63, 3.8) is 0 Å². The fourth-order valence-corrected chi connectivity index (χ4v) is 1.85. The molecule has 2 N–H and O–H groups in total. The van der Waals surface area contributed by atoms with Gasteiger partial charge in [0.2, 0.25) is 0 Å². The van der Waals surface area contributed by atoms with E-state index in [-0.39, 0.29) is 6.04 Å². The van der Waals surface area contributed by atoms with Crippen molar-refractivity contribution in [1.29, 1.82) is 0 Å². The van der Waals surface area contributed by atoms with Crippen LogP contribution in [0.1, 0.15) is 24.1 Å². The van der Waals surface area contributed by atoms with Gasteiger partial charge in [-0.25, -0.2) is 0 Å². The minimum absolute atomic E-state index is 0.232. The minimum Gasteiger partial charge on any atom is -0.497 e. The van der Waals surface area contributed by atoms with Crippen LogP contribution in [0, 0.1) is 0 Å². The molecule has 1 unspecified atom stereocenters. The number of benzene rings is 1. The third-order valence-corrected chi connectivity index (χ3v) is 3.04. The molecule has 0 aliphatic rings. The van der Waals surface area contributed by atoms with Gasteiger partial charge in [0.15, 0.2) is 0 Å². The summed E-state index contributed by atoms with van der Waals surface area (Å²) in [6, 6.07) is 6.09. The number of methoxy groups -OCH3 is 2. The number of rotatable bonds is 6. The van der Waals surface area contributed by atoms with Gasteiger partial charge in [0, 0.05) is 30.4 Å². The third kappa shape index (κ3) is 3.48. The first kappa shape index (κ1) is 13.4. The van der Waals surface area contributed by atoms with Gasteiger partial charge in [-0.15, -0.1) is 0 Å². The smallest absolute Gasteiger partial charge is 0.122 e. The number of nitrogens with zero attached hydrogens (tertiary/aromatic N) is 1. The van der Waals surface area contributed by atoms with Gasteiger partial charge >= 0.3 is 0 Å². The first-order valence-corrected chi connectivity index (χ1v) is 6.17. The van der Waals surface area contributed by atoms with Crippen molar-refractivity contribution in [1.82, 2.24) is 15.5 Å². The zero-order valence-electron chi connectivity index (χ0n) is 11.4. The summed E-state index contributed by atoms with van der Waals surface area (Å²) in [5, 5.41) is 10.2. The SMILES string of the molecule is COc1cc(CNC(C)c2cn[nH]c2)cc(OC)c1. The highest BCUT2D eigenvalue weighted by Gasteiger charge is 2.07. The molecule has 0 fully saturated rings. The van der Waals surface area contributed by atoms with Gasteiger partial charge in [-0.3, -0.25) is 5.10 Å². The Labute approximate surface area is 112 Å². The molecule has 1 aromatic carbocycles. The number of hydrogen-bond donors (Lipinski definition) is 2. The molecule has 0 saturated heterocycles. The zero-order valence-corrected chi connectivity index (χ0v) is 11.4. The Hall–Kier alpha value is -2.01. The standard InChI is InChI=1S/C14H19N3O2/c1-10(12-8-16-17-9-12)15-7-11-4-13(18-2)6-14(5-11)19-3/h4-6,8-10,15H,7H2,1-3H3,(H,16,17). The molecule has 0 aliphatic carbocycles. The van der Waals surface area contributed by atoms with Gasteiger partial charge in [-0.1, -0.05) is 0 Å². The Balaban J connectivity index is 2.02. The van der Waals surface area contributed by atoms with Crippen LogP contribution in [0.15, 0.2) is 30.6 Å². The molecular formula is C14H19N3O2. The number of H-pyrrole nitrogens is 1. The molecule has 2 aromatic rings. The molecule has 0 spiro atoms. The second kappa shape index (κ2) is 6.24. The van der Waals surface area contributed by atoms with Crippen LogP contribution in [-0.2, 0) is 6.54 Å². The van der Waals surface area contributed by atoms with E-state index in [2.05, 4.69) is 22.4 Å². The van der Waals surface area contributed by atoms with Crippen molar-refractivity contribution in [3.05, 3.63) is 41.7 Å². The molecule has 5 nitrogen and oxygen atoms in total. The van der Waals surface area contributed by atoms with E-state index in [0.717, 1.165) is 29.2 Å². The fourth-order valence-electron chi connectivity index (χ4n) is 1.85. The van der Waals surface area contributed by atoms with E-state index in [9.17, 15) is 0 Å². The number of nitrogens with one attached hydrogen (secondary N) is 2. The summed E-state index contributed by atoms with van der Waals surface area (Å²) in [4.78, 5) is 0. The van der Waals surface area contributed by atoms with E-state index in [1.54, 1.807) is 14.2 Å². The highest BCUT2D eigenvalue weighted by molar-refractivity contribution is 5.38. The van der Waals surface area contributed by atoms with Crippen molar-refractivity contribution < 1.29 is 9.47 Å². The van der Waals surface area contributed by atoms with Crippen LogP contribution in [0.4, 0.5) is 0 Å². The quantitative estimate of drug-likeness (QED) is 0.837. The van der Waals surface area contributed by atoms with E-state index >= 15 is 0 Å². The molecule has 19 heavy (non-hydrogen) atoms. The van der Waals surface area contributed by atoms with Crippen molar-refractivity contribution >= 4 is 0 Å². The Bertz CT molecular complexity index is 489. The van der Waals surface area contributed by atoms with Crippen LogP contribution in [0.5, 0.6) is 11.5 Å². The number of ether oxygens (including phenoxy) is 2. The van der Waals surface area contributed by atoms with Crippen LogP contribution < -0.4 is 14.8 Å². The van der Waals surface area contributed by atoms with Gasteiger partial charge < -0.3 is 14.8 Å². The summed E-state index contributed by atoms with van der Waals surface area (Å²) >= 11 is 0. The molecule has 0 aliphatic heterocycles. The number of aromatic nitrogens is 2. The molecule has 0 saturated carbocycles. The van der Waals surface area contributed by atoms with Crippen molar-refractivity contribution in [2.24, 2.45) is 0 Å².